The summed E-state index contributed by atoms with van der Waals surface area (Å²) in [5.74, 6) is 2.61. The normalized spacial score (nSPS) is 24.7. The number of aryl methyl sites for hydroxylation is 1. The molecule has 2 aliphatic carbocycles. The van der Waals surface area contributed by atoms with Crippen molar-refractivity contribution in [2.24, 2.45) is 5.73 Å². The molecule has 1 atom stereocenters. The predicted molar refractivity (Wildman–Crippen MR) is 77.2 cm³/mol. The quantitative estimate of drug-likeness (QED) is 0.937. The highest BCUT2D eigenvalue weighted by molar-refractivity contribution is 5.45. The summed E-state index contributed by atoms with van der Waals surface area (Å²) in [6.45, 7) is 0. The molecular weight excluding hydrogens is 266 g/mol. The zero-order valence-corrected chi connectivity index (χ0v) is 12.1. The van der Waals surface area contributed by atoms with Crippen molar-refractivity contribution >= 4 is 0 Å². The van der Waals surface area contributed by atoms with E-state index in [2.05, 4.69) is 16.2 Å². The van der Waals surface area contributed by atoms with Gasteiger partial charge in [0.1, 0.15) is 11.3 Å². The number of hydrogen-bond donors (Lipinski definition) is 1. The maximum atomic E-state index is 6.71. The van der Waals surface area contributed by atoms with Gasteiger partial charge in [-0.2, -0.15) is 4.98 Å². The van der Waals surface area contributed by atoms with Crippen molar-refractivity contribution in [2.75, 3.05) is 7.11 Å². The van der Waals surface area contributed by atoms with Crippen LogP contribution in [0.3, 0.4) is 0 Å². The van der Waals surface area contributed by atoms with E-state index >= 15 is 0 Å². The average Bonchev–Trinajstić information content (AvgIpc) is 3.24. The van der Waals surface area contributed by atoms with Gasteiger partial charge in [-0.1, -0.05) is 11.2 Å². The summed E-state index contributed by atoms with van der Waals surface area (Å²) in [5.41, 5.74) is 8.36. The predicted octanol–water partition coefficient (Wildman–Crippen LogP) is 2.49. The molecular formula is C16H19N3O2. The maximum absolute atomic E-state index is 6.71. The Morgan fingerprint density at radius 3 is 3.00 bits per heavy atom. The van der Waals surface area contributed by atoms with Crippen LogP contribution in [0.5, 0.6) is 5.75 Å². The highest BCUT2D eigenvalue weighted by Crippen LogP contribution is 2.42. The molecule has 1 heterocycles. The highest BCUT2D eigenvalue weighted by Gasteiger charge is 2.40. The third-order valence-corrected chi connectivity index (χ3v) is 4.58. The van der Waals surface area contributed by atoms with Gasteiger partial charge in [-0.05, 0) is 55.4 Å². The summed E-state index contributed by atoms with van der Waals surface area (Å²) in [6.07, 6.45) is 5.18. The largest absolute Gasteiger partial charge is 0.497 e. The second-order valence-corrected chi connectivity index (χ2v) is 6.08. The number of methoxy groups -OCH3 is 1. The van der Waals surface area contributed by atoms with Crippen LogP contribution in [-0.2, 0) is 12.0 Å². The highest BCUT2D eigenvalue weighted by atomic mass is 16.5. The van der Waals surface area contributed by atoms with E-state index in [1.807, 2.05) is 12.1 Å². The lowest BCUT2D eigenvalue weighted by molar-refractivity contribution is 0.348. The van der Waals surface area contributed by atoms with E-state index in [1.165, 1.54) is 5.56 Å². The van der Waals surface area contributed by atoms with Gasteiger partial charge < -0.3 is 15.0 Å². The van der Waals surface area contributed by atoms with Crippen LogP contribution in [0.15, 0.2) is 22.7 Å². The Morgan fingerprint density at radius 1 is 1.38 bits per heavy atom. The van der Waals surface area contributed by atoms with Crippen molar-refractivity contribution in [1.82, 2.24) is 10.1 Å². The van der Waals surface area contributed by atoms with Crippen LogP contribution in [0.2, 0.25) is 0 Å². The number of benzene rings is 1. The molecule has 1 fully saturated rings. The molecule has 2 aliphatic rings. The maximum Gasteiger partial charge on any atom is 0.229 e. The molecule has 110 valence electrons. The molecule has 0 amide bonds. The fourth-order valence-corrected chi connectivity index (χ4v) is 3.15. The standard InChI is InChI=1S/C16H19N3O2/c1-20-12-7-6-10-3-2-8-16(17,13(10)9-12)15-18-14(21-19-15)11-4-5-11/h6-7,9,11H,2-5,8,17H2,1H3. The van der Waals surface area contributed by atoms with Gasteiger partial charge in [-0.3, -0.25) is 0 Å². The number of hydrogen-bond acceptors (Lipinski definition) is 5. The first-order valence-electron chi connectivity index (χ1n) is 7.51. The van der Waals surface area contributed by atoms with Crippen molar-refractivity contribution < 1.29 is 9.26 Å². The minimum absolute atomic E-state index is 0.447. The SMILES string of the molecule is COc1ccc2c(c1)C(N)(c1noc(C3CC3)n1)CCC2. The second kappa shape index (κ2) is 4.56. The number of nitrogens with zero attached hydrogens (tertiary/aromatic N) is 2. The van der Waals surface area contributed by atoms with E-state index < -0.39 is 5.54 Å². The Hall–Kier alpha value is -1.88. The van der Waals surface area contributed by atoms with Gasteiger partial charge >= 0.3 is 0 Å². The fraction of sp³-hybridized carbons (Fsp3) is 0.500. The Morgan fingerprint density at radius 2 is 2.24 bits per heavy atom. The van der Waals surface area contributed by atoms with Crippen LogP contribution in [0.25, 0.3) is 0 Å². The molecule has 0 spiro atoms. The van der Waals surface area contributed by atoms with Gasteiger partial charge in [-0.15, -0.1) is 0 Å². The molecule has 5 nitrogen and oxygen atoms in total. The van der Waals surface area contributed by atoms with Gasteiger partial charge in [0, 0.05) is 5.92 Å². The van der Waals surface area contributed by atoms with Crippen LogP contribution in [0.1, 0.15) is 54.4 Å². The fourth-order valence-electron chi connectivity index (χ4n) is 3.15. The molecule has 0 bridgehead atoms. The molecule has 0 aliphatic heterocycles. The lowest BCUT2D eigenvalue weighted by atomic mass is 9.76. The van der Waals surface area contributed by atoms with Gasteiger partial charge in [-0.25, -0.2) is 0 Å². The molecule has 2 N–H and O–H groups in total. The first-order chi connectivity index (χ1) is 10.2. The minimum Gasteiger partial charge on any atom is -0.497 e. The summed E-state index contributed by atoms with van der Waals surface area (Å²) in [7, 11) is 1.67. The second-order valence-electron chi connectivity index (χ2n) is 6.08. The molecule has 4 rings (SSSR count). The van der Waals surface area contributed by atoms with E-state index in [9.17, 15) is 0 Å². The van der Waals surface area contributed by atoms with Crippen molar-refractivity contribution in [3.05, 3.63) is 41.0 Å². The molecule has 21 heavy (non-hydrogen) atoms. The van der Waals surface area contributed by atoms with E-state index in [0.29, 0.717) is 11.7 Å². The molecule has 5 heteroatoms. The van der Waals surface area contributed by atoms with Gasteiger partial charge in [0.2, 0.25) is 5.89 Å². The number of rotatable bonds is 3. The van der Waals surface area contributed by atoms with Crippen LogP contribution in [0, 0.1) is 0 Å². The topological polar surface area (TPSA) is 74.2 Å². The van der Waals surface area contributed by atoms with Gasteiger partial charge in [0.25, 0.3) is 0 Å². The van der Waals surface area contributed by atoms with E-state index in [0.717, 1.165) is 49.3 Å². The van der Waals surface area contributed by atoms with Gasteiger partial charge in [0.15, 0.2) is 5.82 Å². The molecule has 0 saturated heterocycles. The minimum atomic E-state index is -0.668. The van der Waals surface area contributed by atoms with Crippen molar-refractivity contribution in [3.63, 3.8) is 0 Å². The van der Waals surface area contributed by atoms with E-state index in [4.69, 9.17) is 15.0 Å². The van der Waals surface area contributed by atoms with Crippen LogP contribution in [0.4, 0.5) is 0 Å². The molecule has 1 saturated carbocycles. The van der Waals surface area contributed by atoms with Crippen molar-refractivity contribution in [1.29, 1.82) is 0 Å². The first-order valence-corrected chi connectivity index (χ1v) is 7.51. The zero-order valence-electron chi connectivity index (χ0n) is 12.1. The monoisotopic (exact) mass is 285 g/mol. The lowest BCUT2D eigenvalue weighted by Crippen LogP contribution is -2.42. The Labute approximate surface area is 123 Å². The number of aromatic nitrogens is 2. The molecule has 0 radical (unpaired) electrons. The van der Waals surface area contributed by atoms with Crippen LogP contribution in [-0.4, -0.2) is 17.3 Å². The summed E-state index contributed by atoms with van der Waals surface area (Å²) in [5, 5.41) is 4.18. The smallest absolute Gasteiger partial charge is 0.229 e. The molecule has 1 unspecified atom stereocenters. The van der Waals surface area contributed by atoms with E-state index in [-0.39, 0.29) is 0 Å². The lowest BCUT2D eigenvalue weighted by Gasteiger charge is -2.33. The van der Waals surface area contributed by atoms with Gasteiger partial charge in [0.05, 0.1) is 7.11 Å². The molecule has 2 aromatic rings. The third kappa shape index (κ3) is 2.03. The van der Waals surface area contributed by atoms with Crippen molar-refractivity contribution in [2.45, 2.75) is 43.6 Å². The first kappa shape index (κ1) is 12.8. The number of nitrogens with two attached hydrogens (primary N) is 1. The van der Waals surface area contributed by atoms with Crippen LogP contribution >= 0.6 is 0 Å². The number of ether oxygens (including phenoxy) is 1. The molecule has 1 aromatic heterocycles. The summed E-state index contributed by atoms with van der Waals surface area (Å²) < 4.78 is 10.7. The number of fused-ring (bicyclic) bond motifs is 1. The summed E-state index contributed by atoms with van der Waals surface area (Å²) in [4.78, 5) is 4.58. The molecule has 1 aromatic carbocycles. The summed E-state index contributed by atoms with van der Waals surface area (Å²) in [6, 6.07) is 6.09. The van der Waals surface area contributed by atoms with E-state index in [1.54, 1.807) is 7.11 Å². The Balaban J connectivity index is 1.79. The van der Waals surface area contributed by atoms with Crippen molar-refractivity contribution in [3.8, 4) is 5.75 Å². The summed E-state index contributed by atoms with van der Waals surface area (Å²) >= 11 is 0. The van der Waals surface area contributed by atoms with Crippen LogP contribution < -0.4 is 10.5 Å². The average molecular weight is 285 g/mol. The zero-order chi connectivity index (χ0) is 14.4. The Kier molecular flexibility index (Phi) is 2.79. The Bertz CT molecular complexity index is 678. The third-order valence-electron chi connectivity index (χ3n) is 4.58.